The normalized spacial score (nSPS) is 18.3. The van der Waals surface area contributed by atoms with Gasteiger partial charge in [0.15, 0.2) is 0 Å². The summed E-state index contributed by atoms with van der Waals surface area (Å²) in [6.45, 7) is 3.99. The van der Waals surface area contributed by atoms with Gasteiger partial charge in [0.05, 0.1) is 13.2 Å². The number of benzene rings is 1. The van der Waals surface area contributed by atoms with Gasteiger partial charge in [-0.3, -0.25) is 9.13 Å². The molecule has 0 saturated carbocycles. The Morgan fingerprint density at radius 2 is 2.05 bits per heavy atom. The maximum atomic E-state index is 12.1. The van der Waals surface area contributed by atoms with Crippen molar-refractivity contribution in [1.82, 2.24) is 9.13 Å². The highest BCUT2D eigenvalue weighted by atomic mass is 16.5. The lowest BCUT2D eigenvalue weighted by molar-refractivity contribution is 0.0299. The lowest BCUT2D eigenvalue weighted by Gasteiger charge is -2.26. The Morgan fingerprint density at radius 3 is 2.84 bits per heavy atom. The van der Waals surface area contributed by atoms with Gasteiger partial charge in [-0.25, -0.2) is 4.79 Å². The zero-order valence-electron chi connectivity index (χ0n) is 11.1. The van der Waals surface area contributed by atoms with E-state index >= 15 is 0 Å². The van der Waals surface area contributed by atoms with E-state index < -0.39 is 0 Å². The molecule has 2 heterocycles. The van der Waals surface area contributed by atoms with Crippen LogP contribution in [0, 0.1) is 0 Å². The molecule has 1 unspecified atom stereocenters. The van der Waals surface area contributed by atoms with E-state index in [1.54, 1.807) is 9.13 Å². The number of fused-ring (bicyclic) bond motifs is 1. The largest absolute Gasteiger partial charge is 0.371 e. The van der Waals surface area contributed by atoms with Gasteiger partial charge in [-0.15, -0.1) is 0 Å². The van der Waals surface area contributed by atoms with Crippen LogP contribution in [0.2, 0.25) is 0 Å². The Hall–Kier alpha value is -1.81. The third-order valence-corrected chi connectivity index (χ3v) is 3.71. The quantitative estimate of drug-likeness (QED) is 0.844. The number of nitrogens with zero attached hydrogens (tertiary/aromatic N) is 2. The van der Waals surface area contributed by atoms with E-state index in [9.17, 15) is 4.79 Å². The molecule has 2 aromatic rings. The van der Waals surface area contributed by atoms with Crippen molar-refractivity contribution in [2.75, 3.05) is 6.61 Å². The first-order valence-electron chi connectivity index (χ1n) is 6.74. The van der Waals surface area contributed by atoms with E-state index in [1.807, 2.05) is 25.4 Å². The van der Waals surface area contributed by atoms with Crippen LogP contribution in [0.25, 0.3) is 0 Å². The molecular formula is C15H18N2O2. The second-order valence-electron chi connectivity index (χ2n) is 4.83. The summed E-state index contributed by atoms with van der Waals surface area (Å²) in [4.78, 5) is 12.1. The number of hydrogen-bond acceptors (Lipinski definition) is 2. The summed E-state index contributed by atoms with van der Waals surface area (Å²) in [7, 11) is 0. The molecule has 0 saturated heterocycles. The highest BCUT2D eigenvalue weighted by Gasteiger charge is 2.21. The van der Waals surface area contributed by atoms with E-state index in [1.165, 1.54) is 11.1 Å². The molecule has 0 radical (unpaired) electrons. The molecule has 1 aliphatic heterocycles. The fourth-order valence-electron chi connectivity index (χ4n) is 2.64. The Morgan fingerprint density at radius 1 is 1.26 bits per heavy atom. The van der Waals surface area contributed by atoms with Gasteiger partial charge in [0, 0.05) is 18.9 Å². The first-order valence-corrected chi connectivity index (χ1v) is 6.74. The van der Waals surface area contributed by atoms with Crippen LogP contribution in [-0.2, 0) is 24.2 Å². The molecule has 0 fully saturated rings. The van der Waals surface area contributed by atoms with Gasteiger partial charge in [-0.2, -0.15) is 0 Å². The monoisotopic (exact) mass is 258 g/mol. The third-order valence-electron chi connectivity index (χ3n) is 3.71. The SMILES string of the molecule is CCn1ccn(CC2OCCc3ccccc32)c1=O. The molecule has 0 aliphatic carbocycles. The Balaban J connectivity index is 1.88. The lowest BCUT2D eigenvalue weighted by atomic mass is 9.97. The second kappa shape index (κ2) is 5.05. The first kappa shape index (κ1) is 12.2. The van der Waals surface area contributed by atoms with Gasteiger partial charge in [-0.05, 0) is 24.5 Å². The summed E-state index contributed by atoms with van der Waals surface area (Å²) in [5.41, 5.74) is 2.58. The van der Waals surface area contributed by atoms with Gasteiger partial charge < -0.3 is 4.74 Å². The standard InChI is InChI=1S/C15H18N2O2/c1-2-16-8-9-17(15(16)18)11-14-13-6-4-3-5-12(13)7-10-19-14/h3-6,8-9,14H,2,7,10-11H2,1H3. The Kier molecular flexibility index (Phi) is 3.25. The summed E-state index contributed by atoms with van der Waals surface area (Å²) in [6.07, 6.45) is 4.61. The van der Waals surface area contributed by atoms with Crippen LogP contribution in [0.3, 0.4) is 0 Å². The molecule has 4 nitrogen and oxygen atoms in total. The molecule has 0 amide bonds. The summed E-state index contributed by atoms with van der Waals surface area (Å²) in [5.74, 6) is 0. The number of rotatable bonds is 3. The van der Waals surface area contributed by atoms with Crippen LogP contribution in [0.4, 0.5) is 0 Å². The molecule has 0 bridgehead atoms. The highest BCUT2D eigenvalue weighted by Crippen LogP contribution is 2.27. The van der Waals surface area contributed by atoms with Crippen molar-refractivity contribution >= 4 is 0 Å². The van der Waals surface area contributed by atoms with Crippen molar-refractivity contribution < 1.29 is 4.74 Å². The predicted octanol–water partition coefficient (Wildman–Crippen LogP) is 1.98. The molecule has 100 valence electrons. The summed E-state index contributed by atoms with van der Waals surface area (Å²) >= 11 is 0. The van der Waals surface area contributed by atoms with Crippen molar-refractivity contribution in [2.24, 2.45) is 0 Å². The molecule has 1 aromatic heterocycles. The topological polar surface area (TPSA) is 36.2 Å². The number of imidazole rings is 1. The van der Waals surface area contributed by atoms with E-state index in [4.69, 9.17) is 4.74 Å². The minimum Gasteiger partial charge on any atom is -0.371 e. The van der Waals surface area contributed by atoms with E-state index in [2.05, 4.69) is 18.2 Å². The van der Waals surface area contributed by atoms with Gasteiger partial charge in [0.2, 0.25) is 0 Å². The molecule has 0 N–H and O–H groups in total. The summed E-state index contributed by atoms with van der Waals surface area (Å²) < 4.78 is 9.27. The number of aryl methyl sites for hydroxylation is 1. The fourth-order valence-corrected chi connectivity index (χ4v) is 2.64. The van der Waals surface area contributed by atoms with Gasteiger partial charge >= 0.3 is 5.69 Å². The zero-order valence-corrected chi connectivity index (χ0v) is 11.1. The van der Waals surface area contributed by atoms with Crippen LogP contribution in [0.5, 0.6) is 0 Å². The van der Waals surface area contributed by atoms with Crippen LogP contribution in [0.15, 0.2) is 41.5 Å². The Labute approximate surface area is 112 Å². The van der Waals surface area contributed by atoms with E-state index in [-0.39, 0.29) is 11.8 Å². The number of ether oxygens (including phenoxy) is 1. The molecule has 1 aliphatic rings. The van der Waals surface area contributed by atoms with Crippen LogP contribution in [0.1, 0.15) is 24.2 Å². The number of hydrogen-bond donors (Lipinski definition) is 0. The van der Waals surface area contributed by atoms with Crippen LogP contribution >= 0.6 is 0 Å². The molecule has 0 spiro atoms. The van der Waals surface area contributed by atoms with Crippen LogP contribution < -0.4 is 5.69 Å². The van der Waals surface area contributed by atoms with E-state index in [0.717, 1.165) is 13.0 Å². The van der Waals surface area contributed by atoms with Crippen molar-refractivity contribution in [3.8, 4) is 0 Å². The van der Waals surface area contributed by atoms with E-state index in [0.29, 0.717) is 13.1 Å². The zero-order chi connectivity index (χ0) is 13.2. The molecule has 3 rings (SSSR count). The summed E-state index contributed by atoms with van der Waals surface area (Å²) in [6, 6.07) is 8.33. The van der Waals surface area contributed by atoms with Crippen molar-refractivity contribution in [1.29, 1.82) is 0 Å². The number of aromatic nitrogens is 2. The van der Waals surface area contributed by atoms with Crippen LogP contribution in [-0.4, -0.2) is 15.7 Å². The minimum atomic E-state index is -0.0182. The maximum absolute atomic E-state index is 12.1. The molecule has 1 aromatic carbocycles. The summed E-state index contributed by atoms with van der Waals surface area (Å²) in [5, 5.41) is 0. The maximum Gasteiger partial charge on any atom is 0.328 e. The molecular weight excluding hydrogens is 240 g/mol. The minimum absolute atomic E-state index is 0.0182. The highest BCUT2D eigenvalue weighted by molar-refractivity contribution is 5.30. The van der Waals surface area contributed by atoms with Gasteiger partial charge in [0.1, 0.15) is 6.10 Å². The third kappa shape index (κ3) is 2.24. The molecule has 19 heavy (non-hydrogen) atoms. The van der Waals surface area contributed by atoms with Gasteiger partial charge in [0.25, 0.3) is 0 Å². The average molecular weight is 258 g/mol. The first-order chi connectivity index (χ1) is 9.29. The predicted molar refractivity (Wildman–Crippen MR) is 73.2 cm³/mol. The smallest absolute Gasteiger partial charge is 0.328 e. The average Bonchev–Trinajstić information content (AvgIpc) is 2.80. The molecule has 1 atom stereocenters. The lowest BCUT2D eigenvalue weighted by Crippen LogP contribution is -2.28. The Bertz CT molecular complexity index is 627. The van der Waals surface area contributed by atoms with Crippen molar-refractivity contribution in [3.05, 3.63) is 58.3 Å². The fraction of sp³-hybridized carbons (Fsp3) is 0.400. The second-order valence-corrected chi connectivity index (χ2v) is 4.83. The van der Waals surface area contributed by atoms with Crippen molar-refractivity contribution in [2.45, 2.75) is 32.5 Å². The van der Waals surface area contributed by atoms with Gasteiger partial charge in [-0.1, -0.05) is 24.3 Å². The molecule has 4 heteroatoms. The van der Waals surface area contributed by atoms with Crippen molar-refractivity contribution in [3.63, 3.8) is 0 Å².